The van der Waals surface area contributed by atoms with Gasteiger partial charge in [0, 0.05) is 25.1 Å². The van der Waals surface area contributed by atoms with Gasteiger partial charge in [-0.3, -0.25) is 13.9 Å². The van der Waals surface area contributed by atoms with Crippen molar-refractivity contribution in [1.29, 1.82) is 0 Å². The van der Waals surface area contributed by atoms with Gasteiger partial charge >= 0.3 is 5.69 Å². The molecule has 3 aromatic heterocycles. The van der Waals surface area contributed by atoms with Crippen molar-refractivity contribution in [3.8, 4) is 22.5 Å². The monoisotopic (exact) mass is 616 g/mol. The van der Waals surface area contributed by atoms with Crippen molar-refractivity contribution in [3.05, 3.63) is 117 Å². The molecule has 6 aromatic rings. The Kier molecular flexibility index (Phi) is 9.05. The second-order valence-electron chi connectivity index (χ2n) is 12.3. The third kappa shape index (κ3) is 6.07. The predicted molar refractivity (Wildman–Crippen MR) is 181 cm³/mol. The maximum atomic E-state index is 14.4. The van der Waals surface area contributed by atoms with Crippen molar-refractivity contribution in [2.75, 3.05) is 0 Å². The number of unbranched alkanes of at least 4 members (excludes halogenated alkanes) is 2. The molecule has 0 amide bonds. The summed E-state index contributed by atoms with van der Waals surface area (Å²) in [5.41, 5.74) is 5.15. The van der Waals surface area contributed by atoms with Gasteiger partial charge in [-0.25, -0.2) is 9.78 Å². The van der Waals surface area contributed by atoms with E-state index in [-0.39, 0.29) is 17.2 Å². The number of imidazole rings is 1. The molecule has 0 radical (unpaired) electrons. The predicted octanol–water partition coefficient (Wildman–Crippen LogP) is 6.25. The first kappa shape index (κ1) is 30.9. The number of H-pyrrole nitrogens is 1. The highest BCUT2D eigenvalue weighted by Gasteiger charge is 2.25. The molecule has 46 heavy (non-hydrogen) atoms. The summed E-state index contributed by atoms with van der Waals surface area (Å²) in [7, 11) is 0. The molecule has 10 heteroatoms. The summed E-state index contributed by atoms with van der Waals surface area (Å²) >= 11 is 0. The third-order valence-corrected chi connectivity index (χ3v) is 8.48. The zero-order valence-corrected chi connectivity index (χ0v) is 26.8. The molecule has 6 rings (SSSR count). The van der Waals surface area contributed by atoms with Gasteiger partial charge in [-0.2, -0.15) is 5.21 Å². The number of rotatable bonds is 12. The molecule has 3 heterocycles. The van der Waals surface area contributed by atoms with Crippen LogP contribution in [0, 0.1) is 5.92 Å². The Morgan fingerprint density at radius 3 is 2.22 bits per heavy atom. The molecule has 0 fully saturated rings. The minimum absolute atomic E-state index is 0.190. The summed E-state index contributed by atoms with van der Waals surface area (Å²) in [5, 5.41) is 14.6. The molecule has 0 aliphatic rings. The van der Waals surface area contributed by atoms with Crippen molar-refractivity contribution >= 4 is 11.2 Å². The van der Waals surface area contributed by atoms with E-state index in [0.29, 0.717) is 30.1 Å². The van der Waals surface area contributed by atoms with Crippen LogP contribution >= 0.6 is 0 Å². The Bertz CT molecular complexity index is 2040. The van der Waals surface area contributed by atoms with E-state index in [1.807, 2.05) is 66.1 Å². The Morgan fingerprint density at radius 2 is 1.54 bits per heavy atom. The topological polar surface area (TPSA) is 116 Å². The van der Waals surface area contributed by atoms with Gasteiger partial charge < -0.3 is 4.57 Å². The lowest BCUT2D eigenvalue weighted by Gasteiger charge is -2.19. The number of hydrogen-bond acceptors (Lipinski definition) is 6. The van der Waals surface area contributed by atoms with E-state index in [9.17, 15) is 9.59 Å². The number of benzene rings is 3. The molecule has 0 aliphatic carbocycles. The number of fused-ring (bicyclic) bond motifs is 1. The van der Waals surface area contributed by atoms with Gasteiger partial charge in [0.05, 0.1) is 6.04 Å². The number of hydrogen-bond donors (Lipinski definition) is 1. The van der Waals surface area contributed by atoms with Gasteiger partial charge in [-0.1, -0.05) is 112 Å². The van der Waals surface area contributed by atoms with E-state index in [1.54, 1.807) is 4.57 Å². The zero-order chi connectivity index (χ0) is 32.2. The fourth-order valence-corrected chi connectivity index (χ4v) is 6.13. The Labute approximate surface area is 267 Å². The molecular weight excluding hydrogens is 576 g/mol. The van der Waals surface area contributed by atoms with Crippen LogP contribution in [0.15, 0.2) is 88.5 Å². The standard InChI is InChI=1S/C36H40N8O2/c1-5-6-8-17-31-37-34-32(35(45)44(36(46)43(34)22-24(2)3)25(4)27-13-9-7-10-14-27)42(31)23-26-18-20-28(21-19-26)29-15-11-12-16-30(29)33-38-40-41-39-33/h7,9-16,18-21,24-25H,5-6,8,17,22-23H2,1-4H3,(H,38,39,40,41). The largest absolute Gasteiger partial charge is 0.333 e. The van der Waals surface area contributed by atoms with Crippen LogP contribution in [0.2, 0.25) is 0 Å². The zero-order valence-electron chi connectivity index (χ0n) is 26.8. The van der Waals surface area contributed by atoms with Gasteiger partial charge in [-0.05, 0) is 46.7 Å². The van der Waals surface area contributed by atoms with Gasteiger partial charge in [-0.15, -0.1) is 10.2 Å². The molecule has 0 spiro atoms. The molecule has 0 aliphatic heterocycles. The molecule has 1 unspecified atom stereocenters. The number of nitrogens with one attached hydrogen (secondary N) is 1. The summed E-state index contributed by atoms with van der Waals surface area (Å²) in [6.07, 6.45) is 3.81. The first-order valence-corrected chi connectivity index (χ1v) is 16.1. The van der Waals surface area contributed by atoms with E-state index < -0.39 is 6.04 Å². The second kappa shape index (κ2) is 13.5. The van der Waals surface area contributed by atoms with Crippen LogP contribution in [0.3, 0.4) is 0 Å². The molecule has 3 aromatic carbocycles. The molecular formula is C36H40N8O2. The average Bonchev–Trinajstić information content (AvgIpc) is 3.73. The van der Waals surface area contributed by atoms with Crippen molar-refractivity contribution < 1.29 is 0 Å². The number of nitrogens with zero attached hydrogens (tertiary/aromatic N) is 7. The van der Waals surface area contributed by atoms with Gasteiger partial charge in [0.1, 0.15) is 5.82 Å². The van der Waals surface area contributed by atoms with Crippen molar-refractivity contribution in [1.82, 2.24) is 39.3 Å². The first-order valence-electron chi connectivity index (χ1n) is 16.1. The van der Waals surface area contributed by atoms with Crippen LogP contribution in [-0.2, 0) is 19.5 Å². The van der Waals surface area contributed by atoms with Crippen LogP contribution in [0.4, 0.5) is 0 Å². The van der Waals surface area contributed by atoms with E-state index in [0.717, 1.165) is 59.3 Å². The fraction of sp³-hybridized carbons (Fsp3) is 0.333. The van der Waals surface area contributed by atoms with E-state index in [2.05, 4.69) is 65.7 Å². The minimum Gasteiger partial charge on any atom is -0.318 e. The molecule has 10 nitrogen and oxygen atoms in total. The van der Waals surface area contributed by atoms with Gasteiger partial charge in [0.15, 0.2) is 11.2 Å². The normalized spacial score (nSPS) is 12.3. The van der Waals surface area contributed by atoms with E-state index >= 15 is 0 Å². The molecule has 236 valence electrons. The summed E-state index contributed by atoms with van der Waals surface area (Å²) in [6.45, 7) is 9.16. The van der Waals surface area contributed by atoms with Crippen LogP contribution < -0.4 is 11.2 Å². The average molecular weight is 617 g/mol. The Hall–Kier alpha value is -5.12. The molecule has 0 saturated heterocycles. The van der Waals surface area contributed by atoms with Crippen molar-refractivity contribution in [2.45, 2.75) is 72.5 Å². The highest BCUT2D eigenvalue weighted by molar-refractivity contribution is 5.80. The lowest BCUT2D eigenvalue weighted by atomic mass is 9.98. The number of tetrazole rings is 1. The van der Waals surface area contributed by atoms with E-state index in [4.69, 9.17) is 4.98 Å². The molecule has 0 saturated carbocycles. The molecule has 0 bridgehead atoms. The summed E-state index contributed by atoms with van der Waals surface area (Å²) in [6, 6.07) is 25.6. The SMILES string of the molecule is CCCCCc1nc2c(c(=O)n(C(C)c3ccccc3)c(=O)n2CC(C)C)n1Cc1ccc(-c2ccccc2-c2nn[nH]n2)cc1. The van der Waals surface area contributed by atoms with Crippen molar-refractivity contribution in [3.63, 3.8) is 0 Å². The summed E-state index contributed by atoms with van der Waals surface area (Å²) < 4.78 is 5.16. The lowest BCUT2D eigenvalue weighted by Crippen LogP contribution is -2.43. The summed E-state index contributed by atoms with van der Waals surface area (Å²) in [5.74, 6) is 1.55. The van der Waals surface area contributed by atoms with Crippen LogP contribution in [-0.4, -0.2) is 39.3 Å². The van der Waals surface area contributed by atoms with Crippen LogP contribution in [0.25, 0.3) is 33.7 Å². The Balaban J connectivity index is 1.47. The van der Waals surface area contributed by atoms with Gasteiger partial charge in [0.25, 0.3) is 5.56 Å². The highest BCUT2D eigenvalue weighted by Crippen LogP contribution is 2.30. The molecule has 1 N–H and O–H groups in total. The quantitative estimate of drug-likeness (QED) is 0.162. The minimum atomic E-state index is -0.436. The van der Waals surface area contributed by atoms with Crippen molar-refractivity contribution in [2.24, 2.45) is 5.92 Å². The highest BCUT2D eigenvalue weighted by atomic mass is 16.2. The lowest BCUT2D eigenvalue weighted by molar-refractivity contribution is 0.475. The first-order chi connectivity index (χ1) is 22.4. The number of aromatic nitrogens is 8. The summed E-state index contributed by atoms with van der Waals surface area (Å²) in [4.78, 5) is 33.5. The Morgan fingerprint density at radius 1 is 0.826 bits per heavy atom. The molecule has 1 atom stereocenters. The number of aromatic amines is 1. The van der Waals surface area contributed by atoms with Crippen LogP contribution in [0.5, 0.6) is 0 Å². The van der Waals surface area contributed by atoms with Gasteiger partial charge in [0.2, 0.25) is 5.82 Å². The van der Waals surface area contributed by atoms with Crippen LogP contribution in [0.1, 0.15) is 70.0 Å². The fourth-order valence-electron chi connectivity index (χ4n) is 6.13. The number of aryl methyl sites for hydroxylation is 1. The third-order valence-electron chi connectivity index (χ3n) is 8.48. The maximum Gasteiger partial charge on any atom is 0.333 e. The smallest absolute Gasteiger partial charge is 0.318 e. The second-order valence-corrected chi connectivity index (χ2v) is 12.3. The maximum absolute atomic E-state index is 14.4. The van der Waals surface area contributed by atoms with E-state index in [1.165, 1.54) is 4.57 Å².